The van der Waals surface area contributed by atoms with Crippen LogP contribution < -0.4 is 11.1 Å². The highest BCUT2D eigenvalue weighted by Gasteiger charge is 2.18. The topological polar surface area (TPSA) is 55.1 Å². The minimum Gasteiger partial charge on any atom is -0.349 e. The molecule has 0 aromatic heterocycles. The molecule has 1 aromatic rings. The zero-order valence-electron chi connectivity index (χ0n) is 12.8. The number of amides is 1. The van der Waals surface area contributed by atoms with Crippen LogP contribution in [0.1, 0.15) is 51.3 Å². The Bertz CT molecular complexity index is 401. The van der Waals surface area contributed by atoms with Gasteiger partial charge in [-0.1, -0.05) is 45.0 Å². The third-order valence-electron chi connectivity index (χ3n) is 3.24. The molecule has 20 heavy (non-hydrogen) atoms. The Hall–Kier alpha value is -1.06. The Kier molecular flexibility index (Phi) is 8.51. The van der Waals surface area contributed by atoms with Crippen LogP contribution >= 0.6 is 12.4 Å². The first-order valence-corrected chi connectivity index (χ1v) is 7.07. The average molecular weight is 299 g/mol. The highest BCUT2D eigenvalue weighted by atomic mass is 35.5. The highest BCUT2D eigenvalue weighted by Crippen LogP contribution is 2.22. The summed E-state index contributed by atoms with van der Waals surface area (Å²) in [5, 5.41) is 3.08. The molecular weight excluding hydrogens is 272 g/mol. The Morgan fingerprint density at radius 2 is 1.75 bits per heavy atom. The summed E-state index contributed by atoms with van der Waals surface area (Å²) in [5.41, 5.74) is 8.13. The lowest BCUT2D eigenvalue weighted by Crippen LogP contribution is -2.35. The molecule has 0 radical (unpaired) electrons. The van der Waals surface area contributed by atoms with Crippen molar-refractivity contribution in [1.29, 1.82) is 0 Å². The van der Waals surface area contributed by atoms with Gasteiger partial charge in [0.25, 0.3) is 0 Å². The van der Waals surface area contributed by atoms with Gasteiger partial charge in [0, 0.05) is 12.5 Å². The summed E-state index contributed by atoms with van der Waals surface area (Å²) >= 11 is 0. The number of nitrogens with one attached hydrogen (secondary N) is 1. The third kappa shape index (κ3) is 5.93. The van der Waals surface area contributed by atoms with Gasteiger partial charge in [-0.25, -0.2) is 0 Å². The Morgan fingerprint density at radius 1 is 1.20 bits per heavy atom. The summed E-state index contributed by atoms with van der Waals surface area (Å²) in [6.07, 6.45) is 1.40. The second kappa shape index (κ2) is 8.98. The van der Waals surface area contributed by atoms with E-state index >= 15 is 0 Å². The minimum absolute atomic E-state index is 0. The van der Waals surface area contributed by atoms with E-state index in [0.29, 0.717) is 12.3 Å². The van der Waals surface area contributed by atoms with Crippen molar-refractivity contribution < 1.29 is 4.79 Å². The fraction of sp³-hybridized carbons (Fsp3) is 0.562. The van der Waals surface area contributed by atoms with Crippen LogP contribution in [-0.4, -0.2) is 11.9 Å². The van der Waals surface area contributed by atoms with Crippen molar-refractivity contribution >= 4 is 18.3 Å². The van der Waals surface area contributed by atoms with E-state index in [1.54, 1.807) is 0 Å². The number of halogens is 1. The molecule has 0 fully saturated rings. The van der Waals surface area contributed by atoms with E-state index in [4.69, 9.17) is 5.73 Å². The number of carbonyl (C=O) groups is 1. The van der Waals surface area contributed by atoms with E-state index in [0.717, 1.165) is 12.0 Å². The summed E-state index contributed by atoms with van der Waals surface area (Å²) in [5.74, 6) is 0.373. The number of hydrogen-bond acceptors (Lipinski definition) is 2. The predicted molar refractivity (Wildman–Crippen MR) is 87.1 cm³/mol. The van der Waals surface area contributed by atoms with Crippen LogP contribution in [0.5, 0.6) is 0 Å². The first kappa shape index (κ1) is 18.9. The Morgan fingerprint density at radius 3 is 2.15 bits per heavy atom. The van der Waals surface area contributed by atoms with Crippen molar-refractivity contribution in [1.82, 2.24) is 5.32 Å². The average Bonchev–Trinajstić information content (AvgIpc) is 2.35. The van der Waals surface area contributed by atoms with Crippen LogP contribution in [0.3, 0.4) is 0 Å². The maximum Gasteiger partial charge on any atom is 0.222 e. The van der Waals surface area contributed by atoms with E-state index in [1.807, 2.05) is 6.92 Å². The number of aryl methyl sites for hydroxylation is 1. The molecular formula is C16H27ClN2O. The second-order valence-electron chi connectivity index (χ2n) is 5.57. The molecule has 0 aliphatic rings. The number of carbonyl (C=O) groups excluding carboxylic acids is 1. The van der Waals surface area contributed by atoms with E-state index < -0.39 is 0 Å². The zero-order chi connectivity index (χ0) is 14.4. The third-order valence-corrected chi connectivity index (χ3v) is 3.24. The number of benzene rings is 1. The molecule has 2 atom stereocenters. The molecule has 0 heterocycles. The van der Waals surface area contributed by atoms with Crippen LogP contribution in [0.4, 0.5) is 0 Å². The predicted octanol–water partition coefficient (Wildman–Crippen LogP) is 3.22. The largest absolute Gasteiger partial charge is 0.349 e. The van der Waals surface area contributed by atoms with Gasteiger partial charge < -0.3 is 11.1 Å². The molecule has 3 nitrogen and oxygen atoms in total. The molecule has 0 saturated carbocycles. The van der Waals surface area contributed by atoms with Crippen molar-refractivity contribution in [3.05, 3.63) is 35.4 Å². The lowest BCUT2D eigenvalue weighted by molar-refractivity contribution is -0.122. The molecule has 3 N–H and O–H groups in total. The van der Waals surface area contributed by atoms with Crippen LogP contribution in [0.25, 0.3) is 0 Å². The van der Waals surface area contributed by atoms with Gasteiger partial charge in [0.05, 0.1) is 6.04 Å². The number of nitrogens with two attached hydrogens (primary N) is 1. The lowest BCUT2D eigenvalue weighted by Gasteiger charge is -2.23. The second-order valence-corrected chi connectivity index (χ2v) is 5.57. The first-order valence-electron chi connectivity index (χ1n) is 7.07. The Labute approximate surface area is 128 Å². The molecule has 1 aromatic carbocycles. The van der Waals surface area contributed by atoms with E-state index in [1.165, 1.54) is 5.56 Å². The maximum atomic E-state index is 11.9. The summed E-state index contributed by atoms with van der Waals surface area (Å²) in [4.78, 5) is 11.9. The van der Waals surface area contributed by atoms with Crippen molar-refractivity contribution in [2.45, 2.75) is 52.6 Å². The van der Waals surface area contributed by atoms with E-state index in [-0.39, 0.29) is 30.4 Å². The van der Waals surface area contributed by atoms with Gasteiger partial charge in [0.1, 0.15) is 0 Å². The van der Waals surface area contributed by atoms with E-state index in [2.05, 4.69) is 50.4 Å². The standard InChI is InChI=1S/C16H26N2O.ClH/c1-5-13-6-8-14(9-7-13)16(11(2)3)18-15(19)10-12(4)17;/h6-9,11-12,16H,5,10,17H2,1-4H3,(H,18,19);1H. The molecule has 4 heteroatoms. The molecule has 0 spiro atoms. The Balaban J connectivity index is 0.00000361. The summed E-state index contributed by atoms with van der Waals surface area (Å²) in [6.45, 7) is 8.22. The van der Waals surface area contributed by atoms with Gasteiger partial charge in [0.15, 0.2) is 0 Å². The molecule has 114 valence electrons. The van der Waals surface area contributed by atoms with Gasteiger partial charge in [-0.15, -0.1) is 12.4 Å². The summed E-state index contributed by atoms with van der Waals surface area (Å²) in [6, 6.07) is 8.42. The normalized spacial score (nSPS) is 13.5. The van der Waals surface area contributed by atoms with Gasteiger partial charge in [-0.3, -0.25) is 4.79 Å². The van der Waals surface area contributed by atoms with Gasteiger partial charge in [-0.2, -0.15) is 0 Å². The summed E-state index contributed by atoms with van der Waals surface area (Å²) in [7, 11) is 0. The zero-order valence-corrected chi connectivity index (χ0v) is 13.7. The molecule has 0 aliphatic carbocycles. The maximum absolute atomic E-state index is 11.9. The molecule has 0 saturated heterocycles. The highest BCUT2D eigenvalue weighted by molar-refractivity contribution is 5.85. The van der Waals surface area contributed by atoms with Gasteiger partial charge in [-0.05, 0) is 30.4 Å². The molecule has 2 unspecified atom stereocenters. The molecule has 1 rings (SSSR count). The summed E-state index contributed by atoms with van der Waals surface area (Å²) < 4.78 is 0. The lowest BCUT2D eigenvalue weighted by atomic mass is 9.94. The SMILES string of the molecule is CCc1ccc(C(NC(=O)CC(C)N)C(C)C)cc1.Cl. The van der Waals surface area contributed by atoms with Crippen molar-refractivity contribution in [2.75, 3.05) is 0 Å². The van der Waals surface area contributed by atoms with Crippen molar-refractivity contribution in [2.24, 2.45) is 11.7 Å². The quantitative estimate of drug-likeness (QED) is 0.847. The first-order chi connectivity index (χ1) is 8.93. The minimum atomic E-state index is -0.102. The molecule has 0 bridgehead atoms. The van der Waals surface area contributed by atoms with Gasteiger partial charge in [0.2, 0.25) is 5.91 Å². The van der Waals surface area contributed by atoms with Crippen LogP contribution in [0, 0.1) is 5.92 Å². The molecule has 1 amide bonds. The van der Waals surface area contributed by atoms with Crippen molar-refractivity contribution in [3.8, 4) is 0 Å². The van der Waals surface area contributed by atoms with Crippen molar-refractivity contribution in [3.63, 3.8) is 0 Å². The smallest absolute Gasteiger partial charge is 0.222 e. The number of hydrogen-bond donors (Lipinski definition) is 2. The fourth-order valence-electron chi connectivity index (χ4n) is 2.12. The molecule has 0 aliphatic heterocycles. The monoisotopic (exact) mass is 298 g/mol. The number of rotatable bonds is 6. The van der Waals surface area contributed by atoms with Crippen LogP contribution in [0.2, 0.25) is 0 Å². The van der Waals surface area contributed by atoms with Crippen LogP contribution in [0.15, 0.2) is 24.3 Å². The fourth-order valence-corrected chi connectivity index (χ4v) is 2.12. The van der Waals surface area contributed by atoms with E-state index in [9.17, 15) is 4.79 Å². The van der Waals surface area contributed by atoms with Gasteiger partial charge >= 0.3 is 0 Å². The van der Waals surface area contributed by atoms with Crippen LogP contribution in [-0.2, 0) is 11.2 Å².